The Morgan fingerprint density at radius 2 is 2.46 bits per heavy atom. The third kappa shape index (κ3) is 2.49. The molecule has 0 bridgehead atoms. The predicted molar refractivity (Wildman–Crippen MR) is 48.8 cm³/mol. The van der Waals surface area contributed by atoms with Crippen molar-refractivity contribution >= 4 is 27.7 Å². The van der Waals surface area contributed by atoms with E-state index in [1.165, 1.54) is 13.1 Å². The van der Waals surface area contributed by atoms with Gasteiger partial charge in [-0.2, -0.15) is 5.26 Å². The van der Waals surface area contributed by atoms with Crippen LogP contribution in [0.1, 0.15) is 12.6 Å². The number of carbonyl (C=O) groups excluding carboxylic acids is 1. The minimum Gasteiger partial charge on any atom is -0.309 e. The number of anilines is 1. The van der Waals surface area contributed by atoms with Gasteiger partial charge >= 0.3 is 0 Å². The molecule has 1 amide bonds. The highest BCUT2D eigenvalue weighted by Crippen LogP contribution is 2.12. The molecule has 0 aromatic carbocycles. The Kier molecular flexibility index (Phi) is 2.93. The topological polar surface area (TPSA) is 78.7 Å². The van der Waals surface area contributed by atoms with Crippen molar-refractivity contribution in [3.05, 3.63) is 16.5 Å². The van der Waals surface area contributed by atoms with Gasteiger partial charge in [-0.1, -0.05) is 0 Å². The zero-order chi connectivity index (χ0) is 9.84. The van der Waals surface area contributed by atoms with E-state index in [0.29, 0.717) is 4.60 Å². The van der Waals surface area contributed by atoms with Gasteiger partial charge in [0.2, 0.25) is 5.91 Å². The van der Waals surface area contributed by atoms with Gasteiger partial charge in [0.15, 0.2) is 11.5 Å². The number of hydrogen-bond acceptors (Lipinski definition) is 4. The molecule has 1 aromatic rings. The van der Waals surface area contributed by atoms with Gasteiger partial charge in [-0.05, 0) is 15.9 Å². The highest BCUT2D eigenvalue weighted by atomic mass is 79.9. The third-order valence-corrected chi connectivity index (χ3v) is 1.53. The summed E-state index contributed by atoms with van der Waals surface area (Å²) >= 11 is 3.07. The Hall–Kier alpha value is -1.48. The lowest BCUT2D eigenvalue weighted by Crippen LogP contribution is -2.09. The molecule has 0 unspecified atom stereocenters. The molecule has 66 valence electrons. The summed E-state index contributed by atoms with van der Waals surface area (Å²) < 4.78 is 0.457. The van der Waals surface area contributed by atoms with Crippen LogP contribution in [0.25, 0.3) is 0 Å². The van der Waals surface area contributed by atoms with Crippen molar-refractivity contribution in [1.29, 1.82) is 5.26 Å². The average molecular weight is 241 g/mol. The smallest absolute Gasteiger partial charge is 0.222 e. The molecule has 0 saturated heterocycles. The molecule has 0 aliphatic carbocycles. The van der Waals surface area contributed by atoms with Gasteiger partial charge in [0, 0.05) is 6.92 Å². The molecule has 0 atom stereocenters. The number of aromatic nitrogens is 2. The first-order valence-electron chi connectivity index (χ1n) is 3.33. The Labute approximate surface area is 82.9 Å². The predicted octanol–water partition coefficient (Wildman–Crippen LogP) is 1.07. The molecule has 13 heavy (non-hydrogen) atoms. The van der Waals surface area contributed by atoms with Crippen LogP contribution in [0.5, 0.6) is 0 Å². The van der Waals surface area contributed by atoms with Crippen LogP contribution in [0.15, 0.2) is 10.8 Å². The van der Waals surface area contributed by atoms with Gasteiger partial charge < -0.3 is 5.32 Å². The Balaban J connectivity index is 3.08. The largest absolute Gasteiger partial charge is 0.309 e. The van der Waals surface area contributed by atoms with Crippen molar-refractivity contribution in [1.82, 2.24) is 9.97 Å². The van der Waals surface area contributed by atoms with Crippen LogP contribution in [-0.2, 0) is 4.79 Å². The molecule has 0 spiro atoms. The van der Waals surface area contributed by atoms with Crippen molar-refractivity contribution < 1.29 is 4.79 Å². The van der Waals surface area contributed by atoms with E-state index in [4.69, 9.17) is 5.26 Å². The van der Waals surface area contributed by atoms with Crippen molar-refractivity contribution in [3.63, 3.8) is 0 Å². The summed E-state index contributed by atoms with van der Waals surface area (Å²) in [5.74, 6) is -0.105. The second-order valence-corrected chi connectivity index (χ2v) is 3.00. The zero-order valence-corrected chi connectivity index (χ0v) is 8.29. The summed E-state index contributed by atoms with van der Waals surface area (Å²) in [6, 6.07) is 1.82. The molecular formula is C7H5BrN4O. The summed E-state index contributed by atoms with van der Waals surface area (Å²) in [6.45, 7) is 1.34. The van der Waals surface area contributed by atoms with Crippen LogP contribution in [0, 0.1) is 11.3 Å². The van der Waals surface area contributed by atoms with Crippen LogP contribution >= 0.6 is 15.9 Å². The summed E-state index contributed by atoms with van der Waals surface area (Å²) in [5, 5.41) is 11.0. The molecule has 5 nitrogen and oxygen atoms in total. The maximum absolute atomic E-state index is 10.7. The average Bonchev–Trinajstić information content (AvgIpc) is 2.07. The lowest BCUT2D eigenvalue weighted by Gasteiger charge is -2.01. The first kappa shape index (κ1) is 9.61. The summed E-state index contributed by atoms with van der Waals surface area (Å²) in [4.78, 5) is 18.3. The lowest BCUT2D eigenvalue weighted by molar-refractivity contribution is -0.114. The number of nitriles is 1. The molecule has 0 radical (unpaired) electrons. The molecule has 1 N–H and O–H groups in total. The molecule has 1 aromatic heterocycles. The minimum absolute atomic E-state index is 0.0876. The summed E-state index contributed by atoms with van der Waals surface area (Å²) in [6.07, 6.45) is 1.41. The standard InChI is InChI=1S/C7H5BrN4O/c1-4(13)11-7-5(2-9)12-6(8)3-10-7/h3H,1H3,(H,10,11,13). The van der Waals surface area contributed by atoms with Crippen LogP contribution < -0.4 is 5.32 Å². The molecule has 6 heteroatoms. The van der Waals surface area contributed by atoms with E-state index < -0.39 is 0 Å². The van der Waals surface area contributed by atoms with Crippen LogP contribution in [0.3, 0.4) is 0 Å². The van der Waals surface area contributed by atoms with Crippen LogP contribution in [-0.4, -0.2) is 15.9 Å². The number of nitrogens with one attached hydrogen (secondary N) is 1. The van der Waals surface area contributed by atoms with E-state index >= 15 is 0 Å². The van der Waals surface area contributed by atoms with E-state index in [-0.39, 0.29) is 17.4 Å². The molecule has 0 aliphatic rings. The maximum Gasteiger partial charge on any atom is 0.222 e. The fourth-order valence-electron chi connectivity index (χ4n) is 0.704. The fraction of sp³-hybridized carbons (Fsp3) is 0.143. The number of amides is 1. The molecule has 0 aliphatic heterocycles. The lowest BCUT2D eigenvalue weighted by atomic mass is 10.4. The highest BCUT2D eigenvalue weighted by Gasteiger charge is 2.06. The number of nitrogens with zero attached hydrogens (tertiary/aromatic N) is 3. The first-order valence-corrected chi connectivity index (χ1v) is 4.13. The Morgan fingerprint density at radius 1 is 1.77 bits per heavy atom. The van der Waals surface area contributed by atoms with Gasteiger partial charge in [-0.15, -0.1) is 0 Å². The van der Waals surface area contributed by atoms with Gasteiger partial charge in [-0.3, -0.25) is 4.79 Å². The van der Waals surface area contributed by atoms with Gasteiger partial charge in [0.1, 0.15) is 10.7 Å². The van der Waals surface area contributed by atoms with E-state index in [0.717, 1.165) is 0 Å². The van der Waals surface area contributed by atoms with Crippen molar-refractivity contribution in [2.45, 2.75) is 6.92 Å². The van der Waals surface area contributed by atoms with Crippen LogP contribution in [0.2, 0.25) is 0 Å². The Bertz CT molecular complexity index is 385. The SMILES string of the molecule is CC(=O)Nc1ncc(Br)nc1C#N. The first-order chi connectivity index (χ1) is 6.13. The number of rotatable bonds is 1. The van der Waals surface area contributed by atoms with E-state index in [1.807, 2.05) is 6.07 Å². The third-order valence-electron chi connectivity index (χ3n) is 1.14. The number of carbonyl (C=O) groups is 1. The van der Waals surface area contributed by atoms with Gasteiger partial charge in [-0.25, -0.2) is 9.97 Å². The van der Waals surface area contributed by atoms with E-state index in [9.17, 15) is 4.79 Å². The molecule has 0 fully saturated rings. The molecular weight excluding hydrogens is 236 g/mol. The number of halogens is 1. The van der Waals surface area contributed by atoms with Crippen molar-refractivity contribution in [2.24, 2.45) is 0 Å². The maximum atomic E-state index is 10.7. The second-order valence-electron chi connectivity index (χ2n) is 2.18. The van der Waals surface area contributed by atoms with Crippen molar-refractivity contribution in [2.75, 3.05) is 5.32 Å². The fourth-order valence-corrected chi connectivity index (χ4v) is 0.983. The zero-order valence-electron chi connectivity index (χ0n) is 6.71. The van der Waals surface area contributed by atoms with E-state index in [1.54, 1.807) is 0 Å². The van der Waals surface area contributed by atoms with E-state index in [2.05, 4.69) is 31.2 Å². The summed E-state index contributed by atoms with van der Waals surface area (Å²) in [7, 11) is 0. The normalized spacial score (nSPS) is 9.00. The van der Waals surface area contributed by atoms with Crippen LogP contribution in [0.4, 0.5) is 5.82 Å². The Morgan fingerprint density at radius 3 is 3.00 bits per heavy atom. The molecule has 1 rings (SSSR count). The second kappa shape index (κ2) is 3.96. The number of hydrogen-bond donors (Lipinski definition) is 1. The molecule has 0 saturated carbocycles. The molecule has 1 heterocycles. The summed E-state index contributed by atoms with van der Waals surface area (Å²) in [5.41, 5.74) is 0.0876. The quantitative estimate of drug-likeness (QED) is 0.797. The minimum atomic E-state index is -0.284. The monoisotopic (exact) mass is 240 g/mol. The van der Waals surface area contributed by atoms with Gasteiger partial charge in [0.05, 0.1) is 6.20 Å². The van der Waals surface area contributed by atoms with Crippen molar-refractivity contribution in [3.8, 4) is 6.07 Å². The van der Waals surface area contributed by atoms with Gasteiger partial charge in [0.25, 0.3) is 0 Å². The highest BCUT2D eigenvalue weighted by molar-refractivity contribution is 9.10.